The third kappa shape index (κ3) is 3.32. The molecule has 0 aliphatic rings. The number of imidazole rings is 1. The molecule has 1 unspecified atom stereocenters. The van der Waals surface area contributed by atoms with Crippen molar-refractivity contribution in [3.8, 4) is 0 Å². The Morgan fingerprint density at radius 2 is 2.15 bits per heavy atom. The molecule has 0 amide bonds. The number of alkyl halides is 1. The van der Waals surface area contributed by atoms with Gasteiger partial charge in [-0.25, -0.2) is 9.97 Å². The second kappa shape index (κ2) is 7.07. The Hall–Kier alpha value is -1.09. The summed E-state index contributed by atoms with van der Waals surface area (Å²) in [6, 6.07) is 2.54. The van der Waals surface area contributed by atoms with Gasteiger partial charge in [0.25, 0.3) is 0 Å². The Balaban J connectivity index is 2.34. The van der Waals surface area contributed by atoms with Gasteiger partial charge in [0, 0.05) is 24.5 Å². The topological polar surface area (TPSA) is 30.7 Å². The smallest absolute Gasteiger partial charge is 0.160 e. The molecule has 1 atom stereocenters. The quantitative estimate of drug-likeness (QED) is 0.549. The molecule has 0 fully saturated rings. The van der Waals surface area contributed by atoms with Crippen molar-refractivity contribution in [1.29, 1.82) is 0 Å². The van der Waals surface area contributed by atoms with Gasteiger partial charge in [-0.3, -0.25) is 0 Å². The lowest BCUT2D eigenvalue weighted by atomic mass is 10.1. The number of fused-ring (bicyclic) bond motifs is 1. The van der Waals surface area contributed by atoms with Crippen LogP contribution in [0.15, 0.2) is 12.3 Å². The van der Waals surface area contributed by atoms with Crippen molar-refractivity contribution in [2.45, 2.75) is 58.9 Å². The monoisotopic (exact) mass is 293 g/mol. The van der Waals surface area contributed by atoms with Crippen LogP contribution in [0.3, 0.4) is 0 Å². The summed E-state index contributed by atoms with van der Waals surface area (Å²) in [6.07, 6.45) is 7.68. The lowest BCUT2D eigenvalue weighted by molar-refractivity contribution is 0.472. The van der Waals surface area contributed by atoms with Gasteiger partial charge < -0.3 is 4.57 Å². The number of aromatic nitrogens is 3. The molecule has 2 aromatic rings. The highest BCUT2D eigenvalue weighted by molar-refractivity contribution is 6.17. The van der Waals surface area contributed by atoms with Crippen molar-refractivity contribution in [2.24, 2.45) is 0 Å². The van der Waals surface area contributed by atoms with E-state index in [9.17, 15) is 0 Å². The standard InChI is InChI=1S/C16H24ClN3/c1-4-5-6-7-13(3)20-15(8-9-17)19-14-10-12(2)11-18-16(14)20/h10-11,13H,4-9H2,1-3H3. The van der Waals surface area contributed by atoms with Crippen molar-refractivity contribution >= 4 is 22.8 Å². The van der Waals surface area contributed by atoms with Crippen LogP contribution in [0.1, 0.15) is 57.0 Å². The van der Waals surface area contributed by atoms with E-state index in [0.717, 1.165) is 29.0 Å². The fraction of sp³-hybridized carbons (Fsp3) is 0.625. The summed E-state index contributed by atoms with van der Waals surface area (Å²) in [5.74, 6) is 1.67. The van der Waals surface area contributed by atoms with E-state index < -0.39 is 0 Å². The van der Waals surface area contributed by atoms with Crippen molar-refractivity contribution in [1.82, 2.24) is 14.5 Å². The largest absolute Gasteiger partial charge is 0.310 e. The van der Waals surface area contributed by atoms with Crippen LogP contribution in [-0.2, 0) is 6.42 Å². The maximum absolute atomic E-state index is 5.92. The number of nitrogens with zero attached hydrogens (tertiary/aromatic N) is 3. The Labute approximate surface area is 126 Å². The van der Waals surface area contributed by atoms with Gasteiger partial charge in [-0.2, -0.15) is 0 Å². The van der Waals surface area contributed by atoms with Gasteiger partial charge in [0.15, 0.2) is 5.65 Å². The van der Waals surface area contributed by atoms with Gasteiger partial charge in [-0.05, 0) is 31.9 Å². The molecule has 0 bridgehead atoms. The Kier molecular flexibility index (Phi) is 5.41. The first-order valence-corrected chi connectivity index (χ1v) is 8.10. The normalized spacial score (nSPS) is 13.0. The van der Waals surface area contributed by atoms with E-state index in [0.29, 0.717) is 11.9 Å². The lowest BCUT2D eigenvalue weighted by Crippen LogP contribution is -2.10. The van der Waals surface area contributed by atoms with Crippen LogP contribution in [0, 0.1) is 6.92 Å². The molecule has 20 heavy (non-hydrogen) atoms. The van der Waals surface area contributed by atoms with Gasteiger partial charge in [-0.1, -0.05) is 26.2 Å². The first kappa shape index (κ1) is 15.3. The maximum Gasteiger partial charge on any atom is 0.160 e. The molecule has 3 nitrogen and oxygen atoms in total. The minimum Gasteiger partial charge on any atom is -0.310 e. The van der Waals surface area contributed by atoms with Crippen LogP contribution in [0.25, 0.3) is 11.2 Å². The summed E-state index contributed by atoms with van der Waals surface area (Å²) in [7, 11) is 0. The zero-order valence-electron chi connectivity index (χ0n) is 12.7. The molecule has 0 radical (unpaired) electrons. The molecule has 0 spiro atoms. The SMILES string of the molecule is CCCCCC(C)n1c(CCCl)nc2cc(C)cnc21. The average molecular weight is 294 g/mol. The van der Waals surface area contributed by atoms with E-state index in [1.54, 1.807) is 0 Å². The summed E-state index contributed by atoms with van der Waals surface area (Å²) in [4.78, 5) is 9.32. The fourth-order valence-electron chi connectivity index (χ4n) is 2.67. The van der Waals surface area contributed by atoms with E-state index in [1.165, 1.54) is 25.7 Å². The summed E-state index contributed by atoms with van der Waals surface area (Å²) < 4.78 is 2.28. The molecule has 0 aliphatic carbocycles. The van der Waals surface area contributed by atoms with E-state index in [2.05, 4.69) is 36.4 Å². The second-order valence-electron chi connectivity index (χ2n) is 5.54. The summed E-state index contributed by atoms with van der Waals surface area (Å²) in [5.41, 5.74) is 3.14. The number of unbranched alkanes of at least 4 members (excludes halogenated alkanes) is 2. The molecule has 4 heteroatoms. The highest BCUT2D eigenvalue weighted by atomic mass is 35.5. The Morgan fingerprint density at radius 1 is 1.35 bits per heavy atom. The minimum atomic E-state index is 0.431. The molecule has 0 aliphatic heterocycles. The Morgan fingerprint density at radius 3 is 2.85 bits per heavy atom. The third-order valence-corrected chi connectivity index (χ3v) is 3.91. The maximum atomic E-state index is 5.92. The van der Waals surface area contributed by atoms with E-state index in [4.69, 9.17) is 16.6 Å². The van der Waals surface area contributed by atoms with Crippen LogP contribution < -0.4 is 0 Å². The molecule has 0 aromatic carbocycles. The summed E-state index contributed by atoms with van der Waals surface area (Å²) >= 11 is 5.92. The van der Waals surface area contributed by atoms with Crippen LogP contribution in [0.2, 0.25) is 0 Å². The molecule has 2 aromatic heterocycles. The van der Waals surface area contributed by atoms with Gasteiger partial charge in [0.1, 0.15) is 11.3 Å². The molecule has 2 rings (SSSR count). The predicted octanol–water partition coefficient (Wildman–Crippen LogP) is 4.66. The highest BCUT2D eigenvalue weighted by Gasteiger charge is 2.16. The Bertz CT molecular complexity index is 562. The zero-order chi connectivity index (χ0) is 14.5. The average Bonchev–Trinajstić information content (AvgIpc) is 2.76. The number of halogens is 1. The molecule has 0 N–H and O–H groups in total. The number of hydrogen-bond donors (Lipinski definition) is 0. The molecular weight excluding hydrogens is 270 g/mol. The van der Waals surface area contributed by atoms with Gasteiger partial charge >= 0.3 is 0 Å². The lowest BCUT2D eigenvalue weighted by Gasteiger charge is -2.16. The van der Waals surface area contributed by atoms with E-state index in [1.807, 2.05) is 6.20 Å². The summed E-state index contributed by atoms with van der Waals surface area (Å²) in [5, 5.41) is 0. The number of rotatable bonds is 7. The van der Waals surface area contributed by atoms with Crippen LogP contribution in [0.5, 0.6) is 0 Å². The highest BCUT2D eigenvalue weighted by Crippen LogP contribution is 2.24. The van der Waals surface area contributed by atoms with Crippen LogP contribution in [0.4, 0.5) is 0 Å². The predicted molar refractivity (Wildman–Crippen MR) is 85.5 cm³/mol. The van der Waals surface area contributed by atoms with E-state index in [-0.39, 0.29) is 0 Å². The first-order valence-electron chi connectivity index (χ1n) is 7.56. The molecule has 110 valence electrons. The number of pyridine rings is 1. The van der Waals surface area contributed by atoms with Crippen molar-refractivity contribution < 1.29 is 0 Å². The van der Waals surface area contributed by atoms with Crippen LogP contribution in [-0.4, -0.2) is 20.4 Å². The van der Waals surface area contributed by atoms with Crippen molar-refractivity contribution in [2.75, 3.05) is 5.88 Å². The van der Waals surface area contributed by atoms with Gasteiger partial charge in [0.05, 0.1) is 0 Å². The first-order chi connectivity index (χ1) is 9.67. The zero-order valence-corrected chi connectivity index (χ0v) is 13.5. The number of hydrogen-bond acceptors (Lipinski definition) is 2. The molecule has 2 heterocycles. The summed E-state index contributed by atoms with van der Waals surface area (Å²) in [6.45, 7) is 6.55. The number of aryl methyl sites for hydroxylation is 2. The van der Waals surface area contributed by atoms with Gasteiger partial charge in [-0.15, -0.1) is 11.6 Å². The fourth-order valence-corrected chi connectivity index (χ4v) is 2.84. The van der Waals surface area contributed by atoms with Gasteiger partial charge in [0.2, 0.25) is 0 Å². The van der Waals surface area contributed by atoms with Crippen molar-refractivity contribution in [3.63, 3.8) is 0 Å². The van der Waals surface area contributed by atoms with Crippen molar-refractivity contribution in [3.05, 3.63) is 23.7 Å². The van der Waals surface area contributed by atoms with E-state index >= 15 is 0 Å². The third-order valence-electron chi connectivity index (χ3n) is 3.72. The van der Waals surface area contributed by atoms with Crippen LogP contribution >= 0.6 is 11.6 Å². The minimum absolute atomic E-state index is 0.431. The molecular formula is C16H24ClN3. The second-order valence-corrected chi connectivity index (χ2v) is 5.92. The molecule has 0 saturated heterocycles. The molecule has 0 saturated carbocycles.